The summed E-state index contributed by atoms with van der Waals surface area (Å²) >= 11 is 1.77. The molecule has 2 heterocycles. The van der Waals surface area contributed by atoms with Crippen LogP contribution >= 0.6 is 11.3 Å². The van der Waals surface area contributed by atoms with Crippen molar-refractivity contribution in [2.24, 2.45) is 0 Å². The molecule has 0 aliphatic heterocycles. The van der Waals surface area contributed by atoms with E-state index < -0.39 is 0 Å². The second-order valence-corrected chi connectivity index (χ2v) is 5.09. The van der Waals surface area contributed by atoms with Crippen molar-refractivity contribution in [3.63, 3.8) is 0 Å². The third-order valence-electron chi connectivity index (χ3n) is 2.70. The summed E-state index contributed by atoms with van der Waals surface area (Å²) in [5.41, 5.74) is 1.33. The van der Waals surface area contributed by atoms with E-state index in [1.165, 1.54) is 10.4 Å². The number of hydrogen-bond acceptors (Lipinski definition) is 5. The molecule has 0 radical (unpaired) electrons. The van der Waals surface area contributed by atoms with Crippen molar-refractivity contribution in [2.75, 3.05) is 18.9 Å². The summed E-state index contributed by atoms with van der Waals surface area (Å²) in [4.78, 5) is 10.1. The van der Waals surface area contributed by atoms with E-state index in [1.54, 1.807) is 11.3 Å². The van der Waals surface area contributed by atoms with Crippen molar-refractivity contribution < 1.29 is 0 Å². The number of rotatable bonds is 6. The molecular formula is C13H18N4S. The standard InChI is InChI=1S/C13H18N4S/c1-10-5-8-18-11(10)9-16-13-4-7-15-12(17-13)3-6-14-2/h4-5,7-8,14H,3,6,9H2,1-2H3,(H,15,16,17). The van der Waals surface area contributed by atoms with Crippen molar-refractivity contribution in [1.29, 1.82) is 0 Å². The lowest BCUT2D eigenvalue weighted by Gasteiger charge is -2.06. The highest BCUT2D eigenvalue weighted by Gasteiger charge is 2.02. The normalized spacial score (nSPS) is 10.6. The number of nitrogens with one attached hydrogen (secondary N) is 2. The Morgan fingerprint density at radius 2 is 2.22 bits per heavy atom. The number of aryl methyl sites for hydroxylation is 1. The first-order chi connectivity index (χ1) is 8.79. The molecule has 0 bridgehead atoms. The van der Waals surface area contributed by atoms with Crippen LogP contribution in [0.4, 0.5) is 5.82 Å². The van der Waals surface area contributed by atoms with E-state index >= 15 is 0 Å². The monoisotopic (exact) mass is 262 g/mol. The molecule has 0 saturated carbocycles. The lowest BCUT2D eigenvalue weighted by molar-refractivity contribution is 0.755. The Kier molecular flexibility index (Phi) is 4.66. The van der Waals surface area contributed by atoms with Gasteiger partial charge in [-0.25, -0.2) is 9.97 Å². The van der Waals surface area contributed by atoms with Gasteiger partial charge >= 0.3 is 0 Å². The van der Waals surface area contributed by atoms with Crippen LogP contribution in [0.15, 0.2) is 23.7 Å². The van der Waals surface area contributed by atoms with E-state index in [-0.39, 0.29) is 0 Å². The molecule has 2 N–H and O–H groups in total. The Bertz CT molecular complexity index is 495. The highest BCUT2D eigenvalue weighted by atomic mass is 32.1. The number of nitrogens with zero attached hydrogens (tertiary/aromatic N) is 2. The topological polar surface area (TPSA) is 49.8 Å². The maximum Gasteiger partial charge on any atom is 0.131 e. The summed E-state index contributed by atoms with van der Waals surface area (Å²) in [5.74, 6) is 1.76. The van der Waals surface area contributed by atoms with E-state index in [2.05, 4.69) is 39.0 Å². The summed E-state index contributed by atoms with van der Waals surface area (Å²) < 4.78 is 0. The molecule has 96 valence electrons. The molecule has 0 spiro atoms. The van der Waals surface area contributed by atoms with E-state index in [4.69, 9.17) is 0 Å². The first-order valence-corrected chi connectivity index (χ1v) is 6.91. The molecule has 0 unspecified atom stereocenters. The minimum atomic E-state index is 0.825. The number of anilines is 1. The van der Waals surface area contributed by atoms with Gasteiger partial charge in [-0.1, -0.05) is 0 Å². The Hall–Kier alpha value is -1.46. The van der Waals surface area contributed by atoms with Gasteiger partial charge in [0.1, 0.15) is 11.6 Å². The van der Waals surface area contributed by atoms with E-state index in [9.17, 15) is 0 Å². The third-order valence-corrected chi connectivity index (χ3v) is 3.73. The molecule has 0 saturated heterocycles. The van der Waals surface area contributed by atoms with Crippen LogP contribution in [-0.2, 0) is 13.0 Å². The van der Waals surface area contributed by atoms with Gasteiger partial charge in [-0.2, -0.15) is 0 Å². The zero-order valence-electron chi connectivity index (χ0n) is 10.7. The molecule has 5 heteroatoms. The second kappa shape index (κ2) is 6.47. The molecule has 2 aromatic heterocycles. The SMILES string of the molecule is CNCCc1nccc(NCc2sccc2C)n1. The smallest absolute Gasteiger partial charge is 0.131 e. The zero-order valence-corrected chi connectivity index (χ0v) is 11.5. The summed E-state index contributed by atoms with van der Waals surface area (Å²) in [5, 5.41) is 8.56. The Morgan fingerprint density at radius 1 is 1.33 bits per heavy atom. The number of thiophene rings is 1. The van der Waals surface area contributed by atoms with Crippen molar-refractivity contribution in [1.82, 2.24) is 15.3 Å². The summed E-state index contributed by atoms with van der Waals surface area (Å²) in [7, 11) is 1.93. The van der Waals surface area contributed by atoms with Gasteiger partial charge < -0.3 is 10.6 Å². The van der Waals surface area contributed by atoms with Crippen LogP contribution in [0.1, 0.15) is 16.3 Å². The predicted molar refractivity (Wildman–Crippen MR) is 76.0 cm³/mol. The third kappa shape index (κ3) is 3.51. The maximum atomic E-state index is 4.48. The molecule has 0 aromatic carbocycles. The number of hydrogen-bond donors (Lipinski definition) is 2. The number of aromatic nitrogens is 2. The van der Waals surface area contributed by atoms with Gasteiger partial charge in [0.2, 0.25) is 0 Å². The van der Waals surface area contributed by atoms with Crippen LogP contribution in [0.5, 0.6) is 0 Å². The van der Waals surface area contributed by atoms with Crippen LogP contribution < -0.4 is 10.6 Å². The predicted octanol–water partition coefficient (Wildman–Crippen LogP) is 2.22. The Balaban J connectivity index is 1.95. The highest BCUT2D eigenvalue weighted by molar-refractivity contribution is 7.10. The fraction of sp³-hybridized carbons (Fsp3) is 0.385. The van der Waals surface area contributed by atoms with Crippen molar-refractivity contribution >= 4 is 17.2 Å². The van der Waals surface area contributed by atoms with Crippen LogP contribution in [-0.4, -0.2) is 23.6 Å². The first kappa shape index (κ1) is 13.0. The summed E-state index contributed by atoms with van der Waals surface area (Å²) in [6.45, 7) is 3.85. The number of likely N-dealkylation sites (N-methyl/N-ethyl adjacent to an activating group) is 1. The minimum Gasteiger partial charge on any atom is -0.365 e. The molecular weight excluding hydrogens is 244 g/mol. The fourth-order valence-corrected chi connectivity index (χ4v) is 2.46. The van der Waals surface area contributed by atoms with Gasteiger partial charge in [-0.3, -0.25) is 0 Å². The maximum absolute atomic E-state index is 4.48. The minimum absolute atomic E-state index is 0.825. The van der Waals surface area contributed by atoms with Gasteiger partial charge in [0.15, 0.2) is 0 Å². The summed E-state index contributed by atoms with van der Waals surface area (Å²) in [6.07, 6.45) is 2.66. The lowest BCUT2D eigenvalue weighted by atomic mass is 10.3. The molecule has 0 atom stereocenters. The molecule has 18 heavy (non-hydrogen) atoms. The van der Waals surface area contributed by atoms with E-state index in [0.29, 0.717) is 0 Å². The zero-order chi connectivity index (χ0) is 12.8. The fourth-order valence-electron chi connectivity index (χ4n) is 1.61. The van der Waals surface area contributed by atoms with Crippen LogP contribution in [0, 0.1) is 6.92 Å². The Labute approximate surface area is 111 Å². The molecule has 0 aliphatic rings. The molecule has 4 nitrogen and oxygen atoms in total. The Morgan fingerprint density at radius 3 is 2.94 bits per heavy atom. The molecule has 2 rings (SSSR count). The van der Waals surface area contributed by atoms with Crippen LogP contribution in [0.25, 0.3) is 0 Å². The van der Waals surface area contributed by atoms with Gasteiger partial charge in [0.05, 0.1) is 6.54 Å². The van der Waals surface area contributed by atoms with E-state index in [1.807, 2.05) is 19.3 Å². The molecule has 0 fully saturated rings. The highest BCUT2D eigenvalue weighted by Crippen LogP contribution is 2.16. The largest absolute Gasteiger partial charge is 0.365 e. The molecule has 0 aliphatic carbocycles. The van der Waals surface area contributed by atoms with Crippen molar-refractivity contribution in [3.8, 4) is 0 Å². The average Bonchev–Trinajstić information content (AvgIpc) is 2.80. The average molecular weight is 262 g/mol. The van der Waals surface area contributed by atoms with Crippen LogP contribution in [0.3, 0.4) is 0 Å². The molecule has 0 amide bonds. The first-order valence-electron chi connectivity index (χ1n) is 6.03. The van der Waals surface area contributed by atoms with Gasteiger partial charge in [-0.15, -0.1) is 11.3 Å². The van der Waals surface area contributed by atoms with Gasteiger partial charge in [0, 0.05) is 24.0 Å². The quantitative estimate of drug-likeness (QED) is 0.838. The van der Waals surface area contributed by atoms with Gasteiger partial charge in [0.25, 0.3) is 0 Å². The van der Waals surface area contributed by atoms with E-state index in [0.717, 1.165) is 31.2 Å². The summed E-state index contributed by atoms with van der Waals surface area (Å²) in [6, 6.07) is 4.05. The van der Waals surface area contributed by atoms with Crippen molar-refractivity contribution in [2.45, 2.75) is 19.9 Å². The van der Waals surface area contributed by atoms with Gasteiger partial charge in [-0.05, 0) is 37.0 Å². The second-order valence-electron chi connectivity index (χ2n) is 4.09. The molecule has 2 aromatic rings. The lowest BCUT2D eigenvalue weighted by Crippen LogP contribution is -2.13. The van der Waals surface area contributed by atoms with Crippen LogP contribution in [0.2, 0.25) is 0 Å². The van der Waals surface area contributed by atoms with Crippen molar-refractivity contribution in [3.05, 3.63) is 40.0 Å².